The summed E-state index contributed by atoms with van der Waals surface area (Å²) in [4.78, 5) is 0. The second-order valence-corrected chi connectivity index (χ2v) is 5.41. The predicted molar refractivity (Wildman–Crippen MR) is 69.4 cm³/mol. The smallest absolute Gasteiger partial charge is 0.0316 e. The van der Waals surface area contributed by atoms with E-state index >= 15 is 0 Å². The van der Waals surface area contributed by atoms with E-state index in [2.05, 4.69) is 24.5 Å². The Bertz CT molecular complexity index is 329. The van der Waals surface area contributed by atoms with Crippen LogP contribution >= 0.6 is 11.8 Å². The molecule has 0 saturated heterocycles. The largest absolute Gasteiger partial charge is 0.399 e. The number of thioether (sulfide) groups is 1. The first kappa shape index (κ1) is 10.9. The first-order valence-corrected chi connectivity index (χ1v) is 7.01. The Labute approximate surface area is 96.4 Å². The molecule has 0 bridgehead atoms. The summed E-state index contributed by atoms with van der Waals surface area (Å²) in [6, 6.07) is 8.48. The highest BCUT2D eigenvalue weighted by atomic mass is 32.2. The fraction of sp³-hybridized carbons (Fsp3) is 0.538. The van der Waals surface area contributed by atoms with E-state index in [9.17, 15) is 0 Å². The SMILES string of the molecule is CSCC1(c2cccc(N)c2)CCCC1. The molecule has 0 unspecified atom stereocenters. The molecule has 1 aromatic carbocycles. The van der Waals surface area contributed by atoms with Crippen molar-refractivity contribution in [2.24, 2.45) is 0 Å². The third-order valence-corrected chi connectivity index (χ3v) is 4.32. The molecule has 2 rings (SSSR count). The first-order valence-electron chi connectivity index (χ1n) is 5.62. The van der Waals surface area contributed by atoms with Crippen molar-refractivity contribution in [3.63, 3.8) is 0 Å². The molecule has 0 aromatic heterocycles. The van der Waals surface area contributed by atoms with Gasteiger partial charge in [0.1, 0.15) is 0 Å². The molecule has 0 spiro atoms. The molecule has 1 saturated carbocycles. The van der Waals surface area contributed by atoms with Crippen molar-refractivity contribution in [3.8, 4) is 0 Å². The Morgan fingerprint density at radius 2 is 2.07 bits per heavy atom. The summed E-state index contributed by atoms with van der Waals surface area (Å²) < 4.78 is 0. The molecule has 1 aromatic rings. The van der Waals surface area contributed by atoms with Gasteiger partial charge in [-0.1, -0.05) is 25.0 Å². The van der Waals surface area contributed by atoms with Crippen molar-refractivity contribution < 1.29 is 0 Å². The number of rotatable bonds is 3. The first-order chi connectivity index (χ1) is 7.27. The van der Waals surface area contributed by atoms with Crippen LogP contribution in [0.1, 0.15) is 31.2 Å². The third kappa shape index (κ3) is 2.15. The van der Waals surface area contributed by atoms with Gasteiger partial charge in [0.05, 0.1) is 0 Å². The van der Waals surface area contributed by atoms with E-state index in [1.165, 1.54) is 37.0 Å². The predicted octanol–water partition coefficient (Wildman–Crippen LogP) is 3.44. The zero-order chi connectivity index (χ0) is 10.7. The highest BCUT2D eigenvalue weighted by molar-refractivity contribution is 7.98. The molecule has 0 heterocycles. The molecule has 1 nitrogen and oxygen atoms in total. The van der Waals surface area contributed by atoms with E-state index in [0.717, 1.165) is 5.69 Å². The van der Waals surface area contributed by atoms with Gasteiger partial charge in [-0.2, -0.15) is 11.8 Å². The number of nitrogen functional groups attached to an aromatic ring is 1. The topological polar surface area (TPSA) is 26.0 Å². The van der Waals surface area contributed by atoms with Gasteiger partial charge in [-0.15, -0.1) is 0 Å². The number of hydrogen-bond acceptors (Lipinski definition) is 2. The van der Waals surface area contributed by atoms with E-state index in [1.54, 1.807) is 0 Å². The lowest BCUT2D eigenvalue weighted by molar-refractivity contribution is 0.502. The molecule has 2 heteroatoms. The number of benzene rings is 1. The monoisotopic (exact) mass is 221 g/mol. The maximum absolute atomic E-state index is 5.87. The van der Waals surface area contributed by atoms with Crippen LogP contribution in [0, 0.1) is 0 Å². The molecule has 0 radical (unpaired) electrons. The van der Waals surface area contributed by atoms with E-state index in [-0.39, 0.29) is 0 Å². The van der Waals surface area contributed by atoms with Crippen molar-refractivity contribution in [3.05, 3.63) is 29.8 Å². The van der Waals surface area contributed by atoms with Crippen molar-refractivity contribution in [1.82, 2.24) is 0 Å². The average Bonchev–Trinajstić information content (AvgIpc) is 2.68. The van der Waals surface area contributed by atoms with Crippen LogP contribution in [-0.2, 0) is 5.41 Å². The third-order valence-electron chi connectivity index (χ3n) is 3.48. The molecular weight excluding hydrogens is 202 g/mol. The van der Waals surface area contributed by atoms with Gasteiger partial charge in [0.15, 0.2) is 0 Å². The normalized spacial score (nSPS) is 19.3. The minimum Gasteiger partial charge on any atom is -0.399 e. The van der Waals surface area contributed by atoms with Gasteiger partial charge in [-0.3, -0.25) is 0 Å². The Balaban J connectivity index is 2.31. The summed E-state index contributed by atoms with van der Waals surface area (Å²) in [5.41, 5.74) is 8.64. The van der Waals surface area contributed by atoms with E-state index in [4.69, 9.17) is 5.73 Å². The lowest BCUT2D eigenvalue weighted by Crippen LogP contribution is -2.25. The van der Waals surface area contributed by atoms with Crippen LogP contribution in [0.3, 0.4) is 0 Å². The van der Waals surface area contributed by atoms with Crippen LogP contribution in [0.25, 0.3) is 0 Å². The summed E-state index contributed by atoms with van der Waals surface area (Å²) in [7, 11) is 0. The average molecular weight is 221 g/mol. The number of nitrogens with two attached hydrogens (primary N) is 1. The van der Waals surface area contributed by atoms with Gasteiger partial charge in [0.2, 0.25) is 0 Å². The Kier molecular flexibility index (Phi) is 3.25. The fourth-order valence-electron chi connectivity index (χ4n) is 2.71. The molecular formula is C13H19NS. The quantitative estimate of drug-likeness (QED) is 0.791. The van der Waals surface area contributed by atoms with E-state index in [1.807, 2.05) is 17.8 Å². The Hall–Kier alpha value is -0.630. The molecule has 15 heavy (non-hydrogen) atoms. The fourth-order valence-corrected chi connectivity index (χ4v) is 3.72. The molecule has 1 fully saturated rings. The zero-order valence-corrected chi connectivity index (χ0v) is 10.1. The van der Waals surface area contributed by atoms with Gasteiger partial charge in [-0.25, -0.2) is 0 Å². The van der Waals surface area contributed by atoms with Crippen LogP contribution in [0.2, 0.25) is 0 Å². The Morgan fingerprint density at radius 1 is 1.33 bits per heavy atom. The van der Waals surface area contributed by atoms with Gasteiger partial charge >= 0.3 is 0 Å². The number of hydrogen-bond donors (Lipinski definition) is 1. The molecule has 1 aliphatic carbocycles. The van der Waals surface area contributed by atoms with Crippen LogP contribution in [0.15, 0.2) is 24.3 Å². The van der Waals surface area contributed by atoms with Crippen LogP contribution in [0.4, 0.5) is 5.69 Å². The van der Waals surface area contributed by atoms with Crippen molar-refractivity contribution in [1.29, 1.82) is 0 Å². The highest BCUT2D eigenvalue weighted by Gasteiger charge is 2.34. The molecule has 82 valence electrons. The van der Waals surface area contributed by atoms with E-state index < -0.39 is 0 Å². The van der Waals surface area contributed by atoms with Gasteiger partial charge in [0.25, 0.3) is 0 Å². The van der Waals surface area contributed by atoms with Crippen LogP contribution in [0.5, 0.6) is 0 Å². The molecule has 0 aliphatic heterocycles. The highest BCUT2D eigenvalue weighted by Crippen LogP contribution is 2.43. The number of anilines is 1. The molecule has 1 aliphatic rings. The lowest BCUT2D eigenvalue weighted by Gasteiger charge is -2.29. The lowest BCUT2D eigenvalue weighted by atomic mass is 9.80. The van der Waals surface area contributed by atoms with Gasteiger partial charge in [0, 0.05) is 16.9 Å². The molecule has 2 N–H and O–H groups in total. The summed E-state index contributed by atoms with van der Waals surface area (Å²) in [6.07, 6.45) is 7.60. The summed E-state index contributed by atoms with van der Waals surface area (Å²) in [5, 5.41) is 0. The zero-order valence-electron chi connectivity index (χ0n) is 9.33. The second kappa shape index (κ2) is 4.48. The maximum atomic E-state index is 5.87. The van der Waals surface area contributed by atoms with Crippen molar-refractivity contribution >= 4 is 17.4 Å². The summed E-state index contributed by atoms with van der Waals surface area (Å²) in [6.45, 7) is 0. The minimum absolute atomic E-state index is 0.412. The molecule has 0 atom stereocenters. The summed E-state index contributed by atoms with van der Waals surface area (Å²) >= 11 is 1.96. The van der Waals surface area contributed by atoms with Crippen LogP contribution < -0.4 is 5.73 Å². The van der Waals surface area contributed by atoms with Gasteiger partial charge < -0.3 is 5.73 Å². The Morgan fingerprint density at radius 3 is 2.67 bits per heavy atom. The second-order valence-electron chi connectivity index (χ2n) is 4.55. The van der Waals surface area contributed by atoms with Crippen molar-refractivity contribution in [2.75, 3.05) is 17.7 Å². The molecule has 0 amide bonds. The van der Waals surface area contributed by atoms with Crippen molar-refractivity contribution in [2.45, 2.75) is 31.1 Å². The van der Waals surface area contributed by atoms with Crippen LogP contribution in [-0.4, -0.2) is 12.0 Å². The summed E-state index contributed by atoms with van der Waals surface area (Å²) in [5.74, 6) is 1.23. The minimum atomic E-state index is 0.412. The van der Waals surface area contributed by atoms with Gasteiger partial charge in [-0.05, 0) is 36.8 Å². The van der Waals surface area contributed by atoms with E-state index in [0.29, 0.717) is 5.41 Å². The maximum Gasteiger partial charge on any atom is 0.0316 e. The standard InChI is InChI=1S/C13H19NS/c1-15-10-13(7-2-3-8-13)11-5-4-6-12(14)9-11/h4-6,9H,2-3,7-8,10,14H2,1H3.